The molecule has 5 rings (SSSR count). The fourth-order valence-corrected chi connectivity index (χ4v) is 6.65. The summed E-state index contributed by atoms with van der Waals surface area (Å²) >= 11 is 0.297. The average Bonchev–Trinajstić information content (AvgIpc) is 3.23. The maximum atomic E-state index is 13.0. The summed E-state index contributed by atoms with van der Waals surface area (Å²) in [6.45, 7) is 0. The van der Waals surface area contributed by atoms with Crippen molar-refractivity contribution in [1.82, 2.24) is 24.7 Å². The van der Waals surface area contributed by atoms with E-state index in [-0.39, 0.29) is 11.2 Å². The molecular formula is C19H19N7OS2. The summed E-state index contributed by atoms with van der Waals surface area (Å²) in [6, 6.07) is 3.88. The van der Waals surface area contributed by atoms with Gasteiger partial charge in [0.1, 0.15) is 15.8 Å². The monoisotopic (exact) mass is 425 g/mol. The van der Waals surface area contributed by atoms with E-state index in [1.165, 1.54) is 11.3 Å². The average molecular weight is 426 g/mol. The number of rotatable bonds is 4. The summed E-state index contributed by atoms with van der Waals surface area (Å²) in [5.41, 5.74) is 16.0. The second-order valence-electron chi connectivity index (χ2n) is 7.06. The number of nitrogen functional groups attached to an aromatic ring is 2. The topological polar surface area (TPSA) is 132 Å². The Labute approximate surface area is 174 Å². The van der Waals surface area contributed by atoms with E-state index >= 15 is 0 Å². The molecule has 0 aliphatic heterocycles. The quantitative estimate of drug-likeness (QED) is 0.480. The number of pyridine rings is 1. The van der Waals surface area contributed by atoms with Gasteiger partial charge in [0, 0.05) is 53.3 Å². The molecule has 1 atom stereocenters. The predicted molar refractivity (Wildman–Crippen MR) is 116 cm³/mol. The molecule has 4 aromatic heterocycles. The van der Waals surface area contributed by atoms with Crippen LogP contribution in [0.15, 0.2) is 34.9 Å². The van der Waals surface area contributed by atoms with E-state index in [0.29, 0.717) is 15.6 Å². The molecule has 0 radical (unpaired) electrons. The number of aromatic nitrogens is 5. The number of hydrogen-bond donors (Lipinski definition) is 2. The normalized spacial score (nSPS) is 15.5. The number of nitrogens with two attached hydrogens (primary N) is 2. The summed E-state index contributed by atoms with van der Waals surface area (Å²) in [5.74, 6) is 0.209. The van der Waals surface area contributed by atoms with Crippen LogP contribution in [0.3, 0.4) is 0 Å². The van der Waals surface area contributed by atoms with Crippen LogP contribution in [0.1, 0.15) is 19.3 Å². The molecule has 0 unspecified atom stereocenters. The van der Waals surface area contributed by atoms with Crippen molar-refractivity contribution in [1.29, 1.82) is 0 Å². The number of fused-ring (bicyclic) bond motifs is 1. The maximum Gasteiger partial charge on any atom is 0.232 e. The van der Waals surface area contributed by atoms with Gasteiger partial charge in [-0.05, 0) is 31.4 Å². The standard InChI is InChI=1S/C19H19N7OS2/c1-26-14(5-6-24-26)12-7-13(10-8-22-19(21)23-9-10)25-17-15(12)16(20)18(28-17)29(27)11-3-2-4-11/h5-9,11H,2-4,20H2,1H3,(H2,21,22,23)/t29-/m1/s1. The Morgan fingerprint density at radius 1 is 1.24 bits per heavy atom. The summed E-state index contributed by atoms with van der Waals surface area (Å²) in [7, 11) is 1.88. The Balaban J connectivity index is 1.75. The Bertz CT molecular complexity index is 1200. The number of nitrogens with zero attached hydrogens (tertiary/aromatic N) is 5. The van der Waals surface area contributed by atoms with Gasteiger partial charge < -0.3 is 16.0 Å². The van der Waals surface area contributed by atoms with E-state index in [4.69, 9.17) is 16.5 Å². The second-order valence-corrected chi connectivity index (χ2v) is 9.99. The molecule has 10 heteroatoms. The molecule has 4 aromatic rings. The fraction of sp³-hybridized carbons (Fsp3) is 0.263. The van der Waals surface area contributed by atoms with Gasteiger partial charge in [-0.25, -0.2) is 15.0 Å². The minimum atomic E-state index is -1.11. The van der Waals surface area contributed by atoms with E-state index in [2.05, 4.69) is 15.1 Å². The third-order valence-corrected chi connectivity index (χ3v) is 8.57. The first-order valence-electron chi connectivity index (χ1n) is 9.23. The van der Waals surface area contributed by atoms with Gasteiger partial charge in [-0.2, -0.15) is 5.10 Å². The van der Waals surface area contributed by atoms with Crippen molar-refractivity contribution in [2.45, 2.75) is 28.7 Å². The van der Waals surface area contributed by atoms with Gasteiger partial charge in [-0.15, -0.1) is 0 Å². The Morgan fingerprint density at radius 2 is 2.00 bits per heavy atom. The summed E-state index contributed by atoms with van der Waals surface area (Å²) < 4.78 is 15.5. The highest BCUT2D eigenvalue weighted by molar-refractivity contribution is 7.94. The number of anilines is 2. The smallest absolute Gasteiger partial charge is 0.232 e. The van der Waals surface area contributed by atoms with Crippen LogP contribution in [-0.2, 0) is 18.2 Å². The van der Waals surface area contributed by atoms with Crippen molar-refractivity contribution in [2.24, 2.45) is 7.05 Å². The predicted octanol–water partition coefficient (Wildman–Crippen LogP) is 2.98. The lowest BCUT2D eigenvalue weighted by Gasteiger charge is -2.27. The maximum absolute atomic E-state index is 13.0. The Hall–Kier alpha value is -2.69. The van der Waals surface area contributed by atoms with Gasteiger partial charge in [0.2, 0.25) is 10.2 Å². The Morgan fingerprint density at radius 3 is 2.62 bits per heavy atom. The first kappa shape index (κ1) is 18.3. The molecule has 0 amide bonds. The van der Waals surface area contributed by atoms with Crippen molar-refractivity contribution in [2.75, 3.05) is 11.5 Å². The molecule has 4 N–H and O–H groups in total. The SMILES string of the molecule is Cn1nccc1-c1cc(-c2cnc(N)nc2)nc2sc([S@+]([O-])C3CCC3)c(N)c12. The number of aryl methyl sites for hydroxylation is 1. The lowest BCUT2D eigenvalue weighted by molar-refractivity contribution is 0.478. The molecule has 1 fully saturated rings. The second kappa shape index (κ2) is 6.97. The van der Waals surface area contributed by atoms with Crippen molar-refractivity contribution >= 4 is 44.4 Å². The largest absolute Gasteiger partial charge is 0.611 e. The fourth-order valence-electron chi connectivity index (χ4n) is 3.44. The highest BCUT2D eigenvalue weighted by atomic mass is 32.2. The number of thiophene rings is 1. The van der Waals surface area contributed by atoms with Crippen molar-refractivity contribution < 1.29 is 4.55 Å². The third kappa shape index (κ3) is 3.04. The first-order chi connectivity index (χ1) is 14.0. The molecule has 1 saturated carbocycles. The van der Waals surface area contributed by atoms with Crippen LogP contribution < -0.4 is 11.5 Å². The van der Waals surface area contributed by atoms with E-state index in [9.17, 15) is 4.55 Å². The zero-order valence-electron chi connectivity index (χ0n) is 15.7. The van der Waals surface area contributed by atoms with Crippen LogP contribution in [-0.4, -0.2) is 34.5 Å². The highest BCUT2D eigenvalue weighted by Gasteiger charge is 2.35. The molecule has 0 bridgehead atoms. The summed E-state index contributed by atoms with van der Waals surface area (Å²) in [6.07, 6.45) is 8.12. The Kier molecular flexibility index (Phi) is 4.41. The molecule has 0 aromatic carbocycles. The molecule has 4 heterocycles. The van der Waals surface area contributed by atoms with Crippen molar-refractivity contribution in [3.8, 4) is 22.5 Å². The zero-order valence-corrected chi connectivity index (χ0v) is 17.3. The number of hydrogen-bond acceptors (Lipinski definition) is 8. The lowest BCUT2D eigenvalue weighted by Crippen LogP contribution is -2.28. The highest BCUT2D eigenvalue weighted by Crippen LogP contribution is 2.45. The van der Waals surface area contributed by atoms with Gasteiger partial charge in [0.15, 0.2) is 0 Å². The van der Waals surface area contributed by atoms with E-state index in [1.807, 2.05) is 19.2 Å². The van der Waals surface area contributed by atoms with E-state index in [1.54, 1.807) is 23.3 Å². The molecule has 1 aliphatic carbocycles. The minimum Gasteiger partial charge on any atom is -0.611 e. The van der Waals surface area contributed by atoms with Gasteiger partial charge >= 0.3 is 0 Å². The van der Waals surface area contributed by atoms with Crippen LogP contribution in [0.25, 0.3) is 32.7 Å². The van der Waals surface area contributed by atoms with Gasteiger partial charge in [-0.3, -0.25) is 4.68 Å². The van der Waals surface area contributed by atoms with Gasteiger partial charge in [0.05, 0.1) is 11.4 Å². The minimum absolute atomic E-state index is 0.190. The lowest BCUT2D eigenvalue weighted by atomic mass is 10.0. The molecule has 8 nitrogen and oxygen atoms in total. The third-order valence-electron chi connectivity index (χ3n) is 5.27. The molecule has 0 spiro atoms. The van der Waals surface area contributed by atoms with Crippen LogP contribution >= 0.6 is 11.3 Å². The summed E-state index contributed by atoms with van der Waals surface area (Å²) in [4.78, 5) is 13.7. The molecule has 29 heavy (non-hydrogen) atoms. The molecule has 0 saturated heterocycles. The van der Waals surface area contributed by atoms with Crippen LogP contribution in [0.5, 0.6) is 0 Å². The molecule has 148 valence electrons. The first-order valence-corrected chi connectivity index (χ1v) is 11.3. The van der Waals surface area contributed by atoms with Crippen molar-refractivity contribution in [3.63, 3.8) is 0 Å². The van der Waals surface area contributed by atoms with E-state index in [0.717, 1.165) is 46.3 Å². The summed E-state index contributed by atoms with van der Waals surface area (Å²) in [5, 5.41) is 5.30. The van der Waals surface area contributed by atoms with Crippen LogP contribution in [0.4, 0.5) is 11.6 Å². The van der Waals surface area contributed by atoms with E-state index < -0.39 is 11.2 Å². The molecule has 1 aliphatic rings. The van der Waals surface area contributed by atoms with Gasteiger partial charge in [0.25, 0.3) is 0 Å². The van der Waals surface area contributed by atoms with Crippen LogP contribution in [0, 0.1) is 0 Å². The zero-order chi connectivity index (χ0) is 20.1. The molecular weight excluding hydrogens is 406 g/mol. The van der Waals surface area contributed by atoms with Crippen molar-refractivity contribution in [3.05, 3.63) is 30.7 Å². The van der Waals surface area contributed by atoms with Gasteiger partial charge in [-0.1, -0.05) is 11.3 Å². The van der Waals surface area contributed by atoms with Crippen LogP contribution in [0.2, 0.25) is 0 Å².